The third-order valence-corrected chi connectivity index (χ3v) is 7.27. The zero-order chi connectivity index (χ0) is 26.0. The first-order valence-electron chi connectivity index (χ1n) is 12.0. The van der Waals surface area contributed by atoms with Crippen molar-refractivity contribution in [1.82, 2.24) is 13.9 Å². The predicted molar refractivity (Wildman–Crippen MR) is 144 cm³/mol. The molecule has 0 aliphatic carbocycles. The van der Waals surface area contributed by atoms with Gasteiger partial charge in [0, 0.05) is 36.2 Å². The van der Waals surface area contributed by atoms with E-state index in [0.717, 1.165) is 35.5 Å². The monoisotopic (exact) mass is 505 g/mol. The number of nitro benzene ring substituents is 1. The highest BCUT2D eigenvalue weighted by Crippen LogP contribution is 2.29. The number of nitro groups is 1. The molecule has 4 rings (SSSR count). The fourth-order valence-corrected chi connectivity index (χ4v) is 5.30. The summed E-state index contributed by atoms with van der Waals surface area (Å²) in [5.41, 5.74) is 3.39. The van der Waals surface area contributed by atoms with Crippen LogP contribution in [0.2, 0.25) is 0 Å². The summed E-state index contributed by atoms with van der Waals surface area (Å²) in [5, 5.41) is 13.4. The molecule has 8 nitrogen and oxygen atoms in total. The highest BCUT2D eigenvalue weighted by Gasteiger charge is 2.19. The van der Waals surface area contributed by atoms with Gasteiger partial charge in [0.1, 0.15) is 0 Å². The van der Waals surface area contributed by atoms with Crippen LogP contribution in [-0.4, -0.2) is 18.9 Å². The van der Waals surface area contributed by atoms with Crippen LogP contribution in [0.4, 0.5) is 11.4 Å². The summed E-state index contributed by atoms with van der Waals surface area (Å²) in [4.78, 5) is 30.1. The molecule has 0 aliphatic heterocycles. The minimum atomic E-state index is -0.382. The fourth-order valence-electron chi connectivity index (χ4n) is 4.30. The predicted octanol–water partition coefficient (Wildman–Crippen LogP) is 6.15. The highest BCUT2D eigenvalue weighted by atomic mass is 32.1. The lowest BCUT2D eigenvalue weighted by molar-refractivity contribution is -0.384. The van der Waals surface area contributed by atoms with Crippen molar-refractivity contribution in [2.24, 2.45) is 18.0 Å². The molecule has 0 amide bonds. The van der Waals surface area contributed by atoms with Crippen molar-refractivity contribution in [2.45, 2.75) is 46.6 Å². The number of nitrogens with zero attached hydrogens (tertiary/aromatic N) is 5. The molecule has 0 fully saturated rings. The zero-order valence-corrected chi connectivity index (χ0v) is 22.0. The van der Waals surface area contributed by atoms with E-state index in [-0.39, 0.29) is 22.2 Å². The lowest BCUT2D eigenvalue weighted by atomic mass is 10.0. The van der Waals surface area contributed by atoms with Crippen molar-refractivity contribution >= 4 is 22.7 Å². The molecule has 0 bridgehead atoms. The van der Waals surface area contributed by atoms with Gasteiger partial charge in [-0.05, 0) is 44.7 Å². The summed E-state index contributed by atoms with van der Waals surface area (Å²) < 4.78 is 5.55. The van der Waals surface area contributed by atoms with E-state index in [9.17, 15) is 14.9 Å². The fraction of sp³-hybridized carbons (Fsp3) is 0.333. The van der Waals surface area contributed by atoms with Crippen LogP contribution in [0.1, 0.15) is 45.3 Å². The first-order valence-corrected chi connectivity index (χ1v) is 12.9. The molecule has 0 saturated heterocycles. The normalized spacial score (nSPS) is 12.9. The first kappa shape index (κ1) is 25.4. The van der Waals surface area contributed by atoms with Crippen LogP contribution >= 0.6 is 11.3 Å². The van der Waals surface area contributed by atoms with E-state index in [1.165, 1.54) is 17.4 Å². The van der Waals surface area contributed by atoms with Crippen LogP contribution in [0.15, 0.2) is 69.8 Å². The maximum absolute atomic E-state index is 13.5. The Labute approximate surface area is 213 Å². The quantitative estimate of drug-likeness (QED) is 0.212. The molecule has 2 aromatic carbocycles. The van der Waals surface area contributed by atoms with Gasteiger partial charge in [-0.25, -0.2) is 9.67 Å². The third-order valence-electron chi connectivity index (χ3n) is 6.43. The van der Waals surface area contributed by atoms with E-state index in [1.807, 2.05) is 60.4 Å². The molecule has 0 radical (unpaired) electrons. The molecule has 1 atom stereocenters. The Kier molecular flexibility index (Phi) is 7.40. The van der Waals surface area contributed by atoms with E-state index >= 15 is 0 Å². The van der Waals surface area contributed by atoms with Crippen molar-refractivity contribution in [1.29, 1.82) is 0 Å². The summed E-state index contributed by atoms with van der Waals surface area (Å²) in [6.07, 6.45) is 1.95. The highest BCUT2D eigenvalue weighted by molar-refractivity contribution is 7.07. The van der Waals surface area contributed by atoms with Crippen LogP contribution in [0.5, 0.6) is 0 Å². The lowest BCUT2D eigenvalue weighted by Gasteiger charge is -2.18. The topological polar surface area (TPSA) is 87.4 Å². The maximum atomic E-state index is 13.5. The van der Waals surface area contributed by atoms with Crippen molar-refractivity contribution < 1.29 is 4.92 Å². The molecule has 2 heterocycles. The van der Waals surface area contributed by atoms with Crippen molar-refractivity contribution in [3.63, 3.8) is 0 Å². The van der Waals surface area contributed by atoms with Gasteiger partial charge in [-0.15, -0.1) is 11.3 Å². The minimum Gasteiger partial charge on any atom is -0.314 e. The molecular weight excluding hydrogens is 474 g/mol. The van der Waals surface area contributed by atoms with Gasteiger partial charge in [-0.1, -0.05) is 44.2 Å². The van der Waals surface area contributed by atoms with Crippen molar-refractivity contribution in [3.8, 4) is 16.9 Å². The number of non-ortho nitro benzene ring substituents is 1. The van der Waals surface area contributed by atoms with Crippen LogP contribution in [0, 0.1) is 23.0 Å². The van der Waals surface area contributed by atoms with E-state index < -0.39 is 0 Å². The van der Waals surface area contributed by atoms with Crippen LogP contribution < -0.4 is 10.4 Å². The van der Waals surface area contributed by atoms with Gasteiger partial charge in [-0.3, -0.25) is 19.6 Å². The van der Waals surface area contributed by atoms with E-state index in [1.54, 1.807) is 16.8 Å². The standard InChI is InChI=1S/C27H31N5O3S/c1-18(2)14-15-19(3)30-24(21-10-9-13-23(16-21)32(34)35)17-36-27(30)28-25-20(4)29(5)31(26(25)33)22-11-7-6-8-12-22/h6-13,16-19H,14-15H2,1-5H3. The van der Waals surface area contributed by atoms with Gasteiger partial charge >= 0.3 is 0 Å². The van der Waals surface area contributed by atoms with Gasteiger partial charge in [0.25, 0.3) is 11.2 Å². The van der Waals surface area contributed by atoms with Crippen LogP contribution in [0.25, 0.3) is 16.9 Å². The van der Waals surface area contributed by atoms with Gasteiger partial charge in [-0.2, -0.15) is 0 Å². The first-order chi connectivity index (χ1) is 17.2. The van der Waals surface area contributed by atoms with Crippen LogP contribution in [0.3, 0.4) is 0 Å². The second-order valence-electron chi connectivity index (χ2n) is 9.42. The Morgan fingerprint density at radius 3 is 2.44 bits per heavy atom. The molecule has 9 heteroatoms. The molecule has 2 aromatic heterocycles. The smallest absolute Gasteiger partial charge is 0.297 e. The number of aromatic nitrogens is 3. The van der Waals surface area contributed by atoms with Crippen LogP contribution in [-0.2, 0) is 7.05 Å². The molecule has 4 aromatic rings. The number of para-hydroxylation sites is 1. The number of rotatable bonds is 8. The second-order valence-corrected chi connectivity index (χ2v) is 10.3. The van der Waals surface area contributed by atoms with Gasteiger partial charge in [0.15, 0.2) is 10.5 Å². The largest absolute Gasteiger partial charge is 0.314 e. The summed E-state index contributed by atoms with van der Waals surface area (Å²) in [5.74, 6) is 0.544. The number of hydrogen-bond donors (Lipinski definition) is 0. The Bertz CT molecular complexity index is 1510. The number of benzene rings is 2. The van der Waals surface area contributed by atoms with Gasteiger partial charge in [0.2, 0.25) is 0 Å². The maximum Gasteiger partial charge on any atom is 0.297 e. The Hall–Kier alpha value is -3.72. The van der Waals surface area contributed by atoms with E-state index in [2.05, 4.69) is 25.3 Å². The molecule has 0 saturated carbocycles. The zero-order valence-electron chi connectivity index (χ0n) is 21.2. The molecule has 0 N–H and O–H groups in total. The Morgan fingerprint density at radius 1 is 1.06 bits per heavy atom. The Morgan fingerprint density at radius 2 is 1.78 bits per heavy atom. The average Bonchev–Trinajstić information content (AvgIpc) is 3.38. The van der Waals surface area contributed by atoms with Crippen molar-refractivity contribution in [3.05, 3.63) is 90.9 Å². The molecule has 188 valence electrons. The van der Waals surface area contributed by atoms with Gasteiger partial charge < -0.3 is 4.57 Å². The second kappa shape index (κ2) is 10.5. The van der Waals surface area contributed by atoms with Gasteiger partial charge in [0.05, 0.1) is 22.0 Å². The SMILES string of the molecule is Cc1c(N=c2scc(-c3cccc([N+](=O)[O-])c3)n2C(C)CCC(C)C)c(=O)n(-c2ccccc2)n1C. The molecular formula is C27H31N5O3S. The summed E-state index contributed by atoms with van der Waals surface area (Å²) in [6.45, 7) is 8.41. The molecule has 36 heavy (non-hydrogen) atoms. The third kappa shape index (κ3) is 4.97. The van der Waals surface area contributed by atoms with E-state index in [4.69, 9.17) is 4.99 Å². The average molecular weight is 506 g/mol. The minimum absolute atomic E-state index is 0.0447. The molecule has 0 aliphatic rings. The summed E-state index contributed by atoms with van der Waals surface area (Å²) in [6, 6.07) is 16.2. The number of hydrogen-bond acceptors (Lipinski definition) is 5. The summed E-state index contributed by atoms with van der Waals surface area (Å²) in [7, 11) is 1.85. The summed E-state index contributed by atoms with van der Waals surface area (Å²) >= 11 is 1.44. The number of thiazole rings is 1. The molecule has 0 spiro atoms. The Balaban J connectivity index is 1.91. The van der Waals surface area contributed by atoms with E-state index in [0.29, 0.717) is 16.4 Å². The molecule has 1 unspecified atom stereocenters. The van der Waals surface area contributed by atoms with Crippen molar-refractivity contribution in [2.75, 3.05) is 0 Å². The lowest BCUT2D eigenvalue weighted by Crippen LogP contribution is -2.22.